The SMILES string of the molecule is CNCCc1nc2c(c(OC)n1)CCCCC2. The van der Waals surface area contributed by atoms with E-state index in [1.807, 2.05) is 7.05 Å². The van der Waals surface area contributed by atoms with E-state index in [2.05, 4.69) is 15.3 Å². The van der Waals surface area contributed by atoms with Crippen molar-refractivity contribution in [2.24, 2.45) is 0 Å². The Balaban J connectivity index is 2.29. The Morgan fingerprint density at radius 2 is 2.00 bits per heavy atom. The van der Waals surface area contributed by atoms with Crippen molar-refractivity contribution in [3.8, 4) is 5.88 Å². The molecule has 0 aliphatic heterocycles. The van der Waals surface area contributed by atoms with Crippen LogP contribution in [-0.4, -0.2) is 30.7 Å². The van der Waals surface area contributed by atoms with Crippen LogP contribution < -0.4 is 10.1 Å². The minimum atomic E-state index is 0.794. The standard InChI is InChI=1S/C13H21N3O/c1-14-9-8-12-15-11-7-5-3-4-6-10(11)13(16-12)17-2/h14H,3-9H2,1-2H3. The van der Waals surface area contributed by atoms with Gasteiger partial charge in [0.25, 0.3) is 0 Å². The largest absolute Gasteiger partial charge is 0.481 e. The summed E-state index contributed by atoms with van der Waals surface area (Å²) in [5, 5.41) is 3.13. The molecule has 0 amide bonds. The fourth-order valence-electron chi connectivity index (χ4n) is 2.30. The van der Waals surface area contributed by atoms with Crippen molar-refractivity contribution in [2.75, 3.05) is 20.7 Å². The van der Waals surface area contributed by atoms with Gasteiger partial charge in [0.2, 0.25) is 5.88 Å². The summed E-state index contributed by atoms with van der Waals surface area (Å²) >= 11 is 0. The monoisotopic (exact) mass is 235 g/mol. The Morgan fingerprint density at radius 1 is 1.18 bits per heavy atom. The summed E-state index contributed by atoms with van der Waals surface area (Å²) in [5.74, 6) is 1.69. The molecule has 0 spiro atoms. The first-order chi connectivity index (χ1) is 8.35. The number of nitrogens with one attached hydrogen (secondary N) is 1. The van der Waals surface area contributed by atoms with E-state index in [-0.39, 0.29) is 0 Å². The predicted octanol–water partition coefficient (Wildman–Crippen LogP) is 1.52. The fourth-order valence-corrected chi connectivity index (χ4v) is 2.30. The Kier molecular flexibility index (Phi) is 4.31. The molecule has 4 nitrogen and oxygen atoms in total. The van der Waals surface area contributed by atoms with Crippen LogP contribution in [0, 0.1) is 0 Å². The maximum absolute atomic E-state index is 5.42. The summed E-state index contributed by atoms with van der Waals surface area (Å²) in [7, 11) is 3.65. The second-order valence-electron chi connectivity index (χ2n) is 4.49. The molecule has 2 rings (SSSR count). The highest BCUT2D eigenvalue weighted by Gasteiger charge is 2.16. The van der Waals surface area contributed by atoms with Crippen molar-refractivity contribution in [1.29, 1.82) is 0 Å². The number of likely N-dealkylation sites (N-methyl/N-ethyl adjacent to an activating group) is 1. The lowest BCUT2D eigenvalue weighted by molar-refractivity contribution is 0.387. The number of rotatable bonds is 4. The van der Waals surface area contributed by atoms with Gasteiger partial charge in [0.05, 0.1) is 12.8 Å². The number of hydrogen-bond acceptors (Lipinski definition) is 4. The van der Waals surface area contributed by atoms with Crippen molar-refractivity contribution in [3.63, 3.8) is 0 Å². The van der Waals surface area contributed by atoms with Gasteiger partial charge in [-0.3, -0.25) is 0 Å². The van der Waals surface area contributed by atoms with Crippen LogP contribution in [0.2, 0.25) is 0 Å². The van der Waals surface area contributed by atoms with E-state index in [0.29, 0.717) is 0 Å². The van der Waals surface area contributed by atoms with Gasteiger partial charge >= 0.3 is 0 Å². The highest BCUT2D eigenvalue weighted by Crippen LogP contribution is 2.26. The van der Waals surface area contributed by atoms with Crippen LogP contribution in [0.5, 0.6) is 5.88 Å². The molecule has 0 atom stereocenters. The minimum absolute atomic E-state index is 0.794. The molecule has 94 valence electrons. The van der Waals surface area contributed by atoms with Gasteiger partial charge < -0.3 is 10.1 Å². The number of hydrogen-bond donors (Lipinski definition) is 1. The summed E-state index contributed by atoms with van der Waals surface area (Å²) in [6.45, 7) is 0.905. The summed E-state index contributed by atoms with van der Waals surface area (Å²) in [6.07, 6.45) is 6.73. The molecule has 1 aromatic rings. The first kappa shape index (κ1) is 12.3. The molecule has 0 saturated heterocycles. The van der Waals surface area contributed by atoms with E-state index in [1.54, 1.807) is 7.11 Å². The molecule has 0 aromatic carbocycles. The molecule has 1 aromatic heterocycles. The molecule has 0 fully saturated rings. The average Bonchev–Trinajstić information content (AvgIpc) is 2.60. The van der Waals surface area contributed by atoms with Crippen molar-refractivity contribution in [2.45, 2.75) is 38.5 Å². The number of ether oxygens (including phenoxy) is 1. The van der Waals surface area contributed by atoms with Crippen LogP contribution in [0.25, 0.3) is 0 Å². The van der Waals surface area contributed by atoms with Crippen LogP contribution in [0.15, 0.2) is 0 Å². The molecule has 0 bridgehead atoms. The number of fused-ring (bicyclic) bond motifs is 1. The number of aryl methyl sites for hydroxylation is 1. The van der Waals surface area contributed by atoms with Crippen LogP contribution >= 0.6 is 0 Å². The third kappa shape index (κ3) is 2.94. The smallest absolute Gasteiger partial charge is 0.219 e. The Morgan fingerprint density at radius 3 is 2.76 bits per heavy atom. The van der Waals surface area contributed by atoms with E-state index in [9.17, 15) is 0 Å². The van der Waals surface area contributed by atoms with Gasteiger partial charge in [-0.25, -0.2) is 4.98 Å². The lowest BCUT2D eigenvalue weighted by Crippen LogP contribution is -2.14. The predicted molar refractivity (Wildman–Crippen MR) is 67.5 cm³/mol. The quantitative estimate of drug-likeness (QED) is 0.804. The Labute approximate surface area is 103 Å². The molecule has 0 unspecified atom stereocenters. The van der Waals surface area contributed by atoms with Crippen LogP contribution in [0.3, 0.4) is 0 Å². The van der Waals surface area contributed by atoms with Gasteiger partial charge in [-0.2, -0.15) is 4.98 Å². The summed E-state index contributed by atoms with van der Waals surface area (Å²) in [4.78, 5) is 9.20. The maximum Gasteiger partial charge on any atom is 0.219 e. The van der Waals surface area contributed by atoms with E-state index in [1.165, 1.54) is 30.5 Å². The molecule has 1 N–H and O–H groups in total. The van der Waals surface area contributed by atoms with E-state index in [0.717, 1.165) is 37.5 Å². The van der Waals surface area contributed by atoms with Crippen LogP contribution in [0.4, 0.5) is 0 Å². The number of nitrogens with zero attached hydrogens (tertiary/aromatic N) is 2. The summed E-state index contributed by atoms with van der Waals surface area (Å²) in [5.41, 5.74) is 2.44. The van der Waals surface area contributed by atoms with Crippen molar-refractivity contribution < 1.29 is 4.74 Å². The van der Waals surface area contributed by atoms with Gasteiger partial charge in [0.15, 0.2) is 0 Å². The molecular formula is C13H21N3O. The second-order valence-corrected chi connectivity index (χ2v) is 4.49. The topological polar surface area (TPSA) is 47.0 Å². The molecule has 0 saturated carbocycles. The highest BCUT2D eigenvalue weighted by molar-refractivity contribution is 5.32. The third-order valence-corrected chi connectivity index (χ3v) is 3.23. The molecule has 0 radical (unpaired) electrons. The first-order valence-corrected chi connectivity index (χ1v) is 6.42. The number of aromatic nitrogens is 2. The Hall–Kier alpha value is -1.16. The molecule has 1 aliphatic carbocycles. The lowest BCUT2D eigenvalue weighted by Gasteiger charge is -2.11. The van der Waals surface area contributed by atoms with E-state index >= 15 is 0 Å². The van der Waals surface area contributed by atoms with Crippen molar-refractivity contribution >= 4 is 0 Å². The third-order valence-electron chi connectivity index (χ3n) is 3.23. The van der Waals surface area contributed by atoms with Crippen molar-refractivity contribution in [3.05, 3.63) is 17.1 Å². The highest BCUT2D eigenvalue weighted by atomic mass is 16.5. The van der Waals surface area contributed by atoms with Gasteiger partial charge in [0.1, 0.15) is 5.82 Å². The zero-order chi connectivity index (χ0) is 12.1. The van der Waals surface area contributed by atoms with Gasteiger partial charge in [0, 0.05) is 18.5 Å². The zero-order valence-corrected chi connectivity index (χ0v) is 10.8. The molecular weight excluding hydrogens is 214 g/mol. The van der Waals surface area contributed by atoms with Gasteiger partial charge in [-0.1, -0.05) is 6.42 Å². The fraction of sp³-hybridized carbons (Fsp3) is 0.692. The van der Waals surface area contributed by atoms with Crippen molar-refractivity contribution in [1.82, 2.24) is 15.3 Å². The lowest BCUT2D eigenvalue weighted by atomic mass is 10.1. The normalized spacial score (nSPS) is 15.2. The molecule has 4 heteroatoms. The van der Waals surface area contributed by atoms with Crippen LogP contribution in [0.1, 0.15) is 36.3 Å². The van der Waals surface area contributed by atoms with Gasteiger partial charge in [-0.15, -0.1) is 0 Å². The molecule has 1 aliphatic rings. The second kappa shape index (κ2) is 5.96. The summed E-state index contributed by atoms with van der Waals surface area (Å²) in [6, 6.07) is 0. The Bertz CT molecular complexity index is 379. The molecule has 1 heterocycles. The minimum Gasteiger partial charge on any atom is -0.481 e. The maximum atomic E-state index is 5.42. The molecule has 17 heavy (non-hydrogen) atoms. The van der Waals surface area contributed by atoms with E-state index < -0.39 is 0 Å². The number of methoxy groups -OCH3 is 1. The first-order valence-electron chi connectivity index (χ1n) is 6.42. The van der Waals surface area contributed by atoms with Crippen LogP contribution in [-0.2, 0) is 19.3 Å². The zero-order valence-electron chi connectivity index (χ0n) is 10.8. The van der Waals surface area contributed by atoms with E-state index in [4.69, 9.17) is 4.74 Å². The summed E-state index contributed by atoms with van der Waals surface area (Å²) < 4.78 is 5.42. The van der Waals surface area contributed by atoms with Gasteiger partial charge in [-0.05, 0) is 32.7 Å². The average molecular weight is 235 g/mol.